The van der Waals surface area contributed by atoms with Crippen molar-refractivity contribution in [1.29, 1.82) is 0 Å². The number of piperazine rings is 1. The summed E-state index contributed by atoms with van der Waals surface area (Å²) in [6.07, 6.45) is 1.30. The fourth-order valence-corrected chi connectivity index (χ4v) is 2.98. The van der Waals surface area contributed by atoms with Crippen LogP contribution in [0, 0.1) is 0 Å². The summed E-state index contributed by atoms with van der Waals surface area (Å²) in [5.41, 5.74) is -0.0456. The van der Waals surface area contributed by atoms with Gasteiger partial charge >= 0.3 is 5.69 Å². The fraction of sp³-hybridized carbons (Fsp3) is 0.353. The van der Waals surface area contributed by atoms with Crippen LogP contribution in [0.25, 0.3) is 0 Å². The van der Waals surface area contributed by atoms with E-state index in [2.05, 4.69) is 9.88 Å². The molecule has 1 N–H and O–H groups in total. The first kappa shape index (κ1) is 16.2. The average molecular weight is 328 g/mol. The average Bonchev–Trinajstić information content (AvgIpc) is 2.59. The van der Waals surface area contributed by atoms with E-state index in [1.165, 1.54) is 17.8 Å². The molecular weight excluding hydrogens is 308 g/mol. The summed E-state index contributed by atoms with van der Waals surface area (Å²) in [6.45, 7) is 1.76. The summed E-state index contributed by atoms with van der Waals surface area (Å²) in [7, 11) is 3.53. The van der Waals surface area contributed by atoms with Gasteiger partial charge in [0.1, 0.15) is 5.56 Å². The van der Waals surface area contributed by atoms with Crippen molar-refractivity contribution in [2.24, 2.45) is 7.05 Å². The molecule has 2 heterocycles. The predicted molar refractivity (Wildman–Crippen MR) is 90.0 cm³/mol. The van der Waals surface area contributed by atoms with Crippen molar-refractivity contribution >= 4 is 5.91 Å². The Balaban J connectivity index is 1.87. The van der Waals surface area contributed by atoms with Gasteiger partial charge in [-0.3, -0.25) is 19.5 Å². The first-order chi connectivity index (χ1) is 11.5. The van der Waals surface area contributed by atoms with Crippen LogP contribution in [0.1, 0.15) is 22.0 Å². The highest BCUT2D eigenvalue weighted by molar-refractivity contribution is 5.93. The molecule has 7 nitrogen and oxygen atoms in total. The number of aromatic nitrogens is 2. The number of likely N-dealkylation sites (N-methyl/N-ethyl adjacent to an activating group) is 1. The normalized spacial score (nSPS) is 18.6. The van der Waals surface area contributed by atoms with Gasteiger partial charge in [-0.05, 0) is 12.6 Å². The highest BCUT2D eigenvalue weighted by Gasteiger charge is 2.30. The van der Waals surface area contributed by atoms with E-state index >= 15 is 0 Å². The molecule has 3 rings (SSSR count). The van der Waals surface area contributed by atoms with Gasteiger partial charge in [0, 0.05) is 32.9 Å². The van der Waals surface area contributed by atoms with Crippen LogP contribution in [-0.4, -0.2) is 51.9 Å². The Hall–Kier alpha value is -2.67. The molecule has 0 aliphatic carbocycles. The van der Waals surface area contributed by atoms with Gasteiger partial charge in [-0.1, -0.05) is 30.3 Å². The number of rotatable bonds is 2. The predicted octanol–water partition coefficient (Wildman–Crippen LogP) is 0.203. The van der Waals surface area contributed by atoms with Crippen LogP contribution in [0.3, 0.4) is 0 Å². The molecule has 7 heteroatoms. The van der Waals surface area contributed by atoms with E-state index in [-0.39, 0.29) is 17.5 Å². The third-order valence-electron chi connectivity index (χ3n) is 4.46. The van der Waals surface area contributed by atoms with Gasteiger partial charge in [-0.15, -0.1) is 0 Å². The van der Waals surface area contributed by atoms with Crippen molar-refractivity contribution in [3.05, 3.63) is 68.5 Å². The zero-order valence-corrected chi connectivity index (χ0v) is 13.7. The molecule has 2 aromatic rings. The monoisotopic (exact) mass is 328 g/mol. The highest BCUT2D eigenvalue weighted by Crippen LogP contribution is 2.24. The van der Waals surface area contributed by atoms with Gasteiger partial charge in [-0.2, -0.15) is 0 Å². The number of carbonyl (C=O) groups is 1. The number of carbonyl (C=O) groups excluding carboxylic acids is 1. The molecule has 0 spiro atoms. The van der Waals surface area contributed by atoms with E-state index in [4.69, 9.17) is 0 Å². The minimum absolute atomic E-state index is 0.00605. The van der Waals surface area contributed by atoms with Crippen LogP contribution >= 0.6 is 0 Å². The molecule has 1 aliphatic heterocycles. The number of aryl methyl sites for hydroxylation is 1. The van der Waals surface area contributed by atoms with Crippen molar-refractivity contribution in [3.63, 3.8) is 0 Å². The van der Waals surface area contributed by atoms with Gasteiger partial charge in [0.2, 0.25) is 0 Å². The van der Waals surface area contributed by atoms with Crippen molar-refractivity contribution in [1.82, 2.24) is 19.4 Å². The fourth-order valence-electron chi connectivity index (χ4n) is 2.98. The maximum Gasteiger partial charge on any atom is 0.328 e. The largest absolute Gasteiger partial charge is 0.335 e. The van der Waals surface area contributed by atoms with Crippen LogP contribution in [0.2, 0.25) is 0 Å². The Labute approximate surface area is 139 Å². The van der Waals surface area contributed by atoms with Gasteiger partial charge in [0.05, 0.1) is 6.04 Å². The van der Waals surface area contributed by atoms with Gasteiger partial charge in [0.25, 0.3) is 11.5 Å². The summed E-state index contributed by atoms with van der Waals surface area (Å²) in [6, 6.07) is 10.1. The molecule has 1 aromatic heterocycles. The number of hydrogen-bond acceptors (Lipinski definition) is 4. The molecular formula is C17H20N4O3. The molecule has 1 fully saturated rings. The van der Waals surface area contributed by atoms with Crippen LogP contribution in [0.5, 0.6) is 0 Å². The Kier molecular flexibility index (Phi) is 4.35. The summed E-state index contributed by atoms with van der Waals surface area (Å²) in [4.78, 5) is 42.2. The van der Waals surface area contributed by atoms with E-state index in [0.717, 1.165) is 12.1 Å². The van der Waals surface area contributed by atoms with E-state index in [1.807, 2.05) is 37.4 Å². The lowest BCUT2D eigenvalue weighted by atomic mass is 10.0. The Bertz CT molecular complexity index is 856. The molecule has 1 amide bonds. The summed E-state index contributed by atoms with van der Waals surface area (Å²) >= 11 is 0. The molecule has 0 radical (unpaired) electrons. The molecule has 0 bridgehead atoms. The SMILES string of the molecule is CN1CCN(C(=O)c2cn(C)c(=O)[nH]c2=O)C[C@@H]1c1ccccc1. The number of nitrogens with one attached hydrogen (secondary N) is 1. The van der Waals surface area contributed by atoms with Gasteiger partial charge in [-0.25, -0.2) is 4.79 Å². The van der Waals surface area contributed by atoms with E-state index < -0.39 is 11.2 Å². The third-order valence-corrected chi connectivity index (χ3v) is 4.46. The number of benzene rings is 1. The maximum atomic E-state index is 12.7. The van der Waals surface area contributed by atoms with Crippen molar-refractivity contribution in [3.8, 4) is 0 Å². The minimum Gasteiger partial charge on any atom is -0.335 e. The summed E-state index contributed by atoms with van der Waals surface area (Å²) < 4.78 is 1.21. The third kappa shape index (κ3) is 3.03. The number of hydrogen-bond donors (Lipinski definition) is 1. The highest BCUT2D eigenvalue weighted by atomic mass is 16.2. The van der Waals surface area contributed by atoms with E-state index in [9.17, 15) is 14.4 Å². The summed E-state index contributed by atoms with van der Waals surface area (Å²) in [5.74, 6) is -0.346. The van der Waals surface area contributed by atoms with Crippen molar-refractivity contribution < 1.29 is 4.79 Å². The van der Waals surface area contributed by atoms with E-state index in [1.54, 1.807) is 4.90 Å². The second-order valence-corrected chi connectivity index (χ2v) is 6.07. The minimum atomic E-state index is -0.640. The Morgan fingerprint density at radius 2 is 1.83 bits per heavy atom. The lowest BCUT2D eigenvalue weighted by Crippen LogP contribution is -2.50. The smallest absolute Gasteiger partial charge is 0.328 e. The van der Waals surface area contributed by atoms with Crippen LogP contribution < -0.4 is 11.2 Å². The molecule has 1 saturated heterocycles. The number of nitrogens with zero attached hydrogens (tertiary/aromatic N) is 3. The zero-order valence-electron chi connectivity index (χ0n) is 13.7. The Morgan fingerprint density at radius 3 is 2.54 bits per heavy atom. The standard InChI is InChI=1S/C17H20N4O3/c1-19-8-9-21(11-14(19)12-6-4-3-5-7-12)16(23)13-10-20(2)17(24)18-15(13)22/h3-7,10,14H,8-9,11H2,1-2H3,(H,18,22,24)/t14-/m1/s1. The molecule has 0 unspecified atom stereocenters. The first-order valence-corrected chi connectivity index (χ1v) is 7.82. The molecule has 126 valence electrons. The second-order valence-electron chi connectivity index (χ2n) is 6.07. The molecule has 1 aliphatic rings. The Morgan fingerprint density at radius 1 is 1.12 bits per heavy atom. The molecule has 1 aromatic carbocycles. The number of aromatic amines is 1. The molecule has 0 saturated carbocycles. The van der Waals surface area contributed by atoms with Crippen LogP contribution in [0.15, 0.2) is 46.1 Å². The summed E-state index contributed by atoms with van der Waals surface area (Å²) in [5, 5.41) is 0. The van der Waals surface area contributed by atoms with Gasteiger partial charge in [0.15, 0.2) is 0 Å². The number of amides is 1. The lowest BCUT2D eigenvalue weighted by Gasteiger charge is -2.39. The topological polar surface area (TPSA) is 78.4 Å². The zero-order chi connectivity index (χ0) is 17.3. The second kappa shape index (κ2) is 6.45. The van der Waals surface area contributed by atoms with Gasteiger partial charge < -0.3 is 9.47 Å². The van der Waals surface area contributed by atoms with Crippen LogP contribution in [0.4, 0.5) is 0 Å². The molecule has 1 atom stereocenters. The number of H-pyrrole nitrogens is 1. The van der Waals surface area contributed by atoms with Crippen LogP contribution in [-0.2, 0) is 7.05 Å². The molecule has 24 heavy (non-hydrogen) atoms. The lowest BCUT2D eigenvalue weighted by molar-refractivity contribution is 0.0543. The van der Waals surface area contributed by atoms with Crippen molar-refractivity contribution in [2.75, 3.05) is 26.7 Å². The first-order valence-electron chi connectivity index (χ1n) is 7.82. The quantitative estimate of drug-likeness (QED) is 0.854. The maximum absolute atomic E-state index is 12.7. The van der Waals surface area contributed by atoms with E-state index in [0.29, 0.717) is 13.1 Å². The van der Waals surface area contributed by atoms with Crippen molar-refractivity contribution in [2.45, 2.75) is 6.04 Å².